The van der Waals surface area contributed by atoms with Crippen LogP contribution in [0.15, 0.2) is 63.8 Å². The van der Waals surface area contributed by atoms with Crippen molar-refractivity contribution in [1.29, 1.82) is 0 Å². The minimum Gasteiger partial charge on any atom is -0.423 e. The first-order chi connectivity index (χ1) is 12.0. The minimum atomic E-state index is -0.406. The van der Waals surface area contributed by atoms with E-state index < -0.39 is 5.63 Å². The zero-order chi connectivity index (χ0) is 17.8. The van der Waals surface area contributed by atoms with Crippen molar-refractivity contribution in [3.8, 4) is 0 Å². The zero-order valence-corrected chi connectivity index (χ0v) is 14.2. The van der Waals surface area contributed by atoms with E-state index in [-0.39, 0.29) is 11.9 Å². The second kappa shape index (κ2) is 7.32. The Bertz CT molecular complexity index is 948. The summed E-state index contributed by atoms with van der Waals surface area (Å²) in [4.78, 5) is 23.1. The quantitative estimate of drug-likeness (QED) is 0.698. The highest BCUT2D eigenvalue weighted by atomic mass is 16.4. The van der Waals surface area contributed by atoms with Crippen LogP contribution >= 0.6 is 0 Å². The molecule has 0 fully saturated rings. The maximum absolute atomic E-state index is 11.9. The van der Waals surface area contributed by atoms with Gasteiger partial charge in [-0.3, -0.25) is 4.79 Å². The third-order valence-electron chi connectivity index (χ3n) is 4.05. The first kappa shape index (κ1) is 16.9. The fourth-order valence-electron chi connectivity index (χ4n) is 2.78. The summed E-state index contributed by atoms with van der Waals surface area (Å²) >= 11 is 0. The lowest BCUT2D eigenvalue weighted by atomic mass is 10.1. The molecule has 0 aliphatic carbocycles. The Labute approximate surface area is 145 Å². The molecule has 2 aromatic carbocycles. The van der Waals surface area contributed by atoms with E-state index in [1.165, 1.54) is 18.6 Å². The van der Waals surface area contributed by atoms with Crippen LogP contribution in [-0.4, -0.2) is 5.91 Å². The first-order valence-corrected chi connectivity index (χ1v) is 8.15. The topological polar surface area (TPSA) is 71.3 Å². The van der Waals surface area contributed by atoms with E-state index in [1.54, 1.807) is 12.1 Å². The van der Waals surface area contributed by atoms with Crippen LogP contribution in [0.2, 0.25) is 0 Å². The summed E-state index contributed by atoms with van der Waals surface area (Å²) < 4.78 is 5.28. The van der Waals surface area contributed by atoms with Crippen molar-refractivity contribution in [3.63, 3.8) is 0 Å². The molecule has 0 radical (unpaired) electrons. The highest BCUT2D eigenvalue weighted by Gasteiger charge is 2.09. The Hall–Kier alpha value is -2.92. The molecule has 0 unspecified atom stereocenters. The molecule has 5 nitrogen and oxygen atoms in total. The van der Waals surface area contributed by atoms with Crippen molar-refractivity contribution < 1.29 is 9.21 Å². The molecule has 1 heterocycles. The number of anilines is 1. The Balaban J connectivity index is 1.85. The fraction of sp³-hybridized carbons (Fsp3) is 0.200. The van der Waals surface area contributed by atoms with Crippen LogP contribution in [0.4, 0.5) is 5.69 Å². The second-order valence-electron chi connectivity index (χ2n) is 6.00. The number of fused-ring (bicyclic) bond motifs is 1. The molecule has 128 valence electrons. The minimum absolute atomic E-state index is 0.155. The number of carbonyl (C=O) groups excluding carboxylic acids is 1. The number of amides is 1. The molecule has 0 bridgehead atoms. The molecule has 3 aromatic rings. The van der Waals surface area contributed by atoms with E-state index >= 15 is 0 Å². The van der Waals surface area contributed by atoms with Crippen LogP contribution in [0, 0.1) is 0 Å². The molecule has 5 heteroatoms. The predicted molar refractivity (Wildman–Crippen MR) is 98.5 cm³/mol. The van der Waals surface area contributed by atoms with Crippen LogP contribution in [0.3, 0.4) is 0 Å². The average molecular weight is 336 g/mol. The van der Waals surface area contributed by atoms with E-state index in [9.17, 15) is 9.59 Å². The van der Waals surface area contributed by atoms with Gasteiger partial charge in [0.05, 0.1) is 0 Å². The van der Waals surface area contributed by atoms with E-state index in [4.69, 9.17) is 4.42 Å². The molecule has 0 aliphatic heterocycles. The van der Waals surface area contributed by atoms with Gasteiger partial charge in [-0.15, -0.1) is 0 Å². The molecule has 0 spiro atoms. The Morgan fingerprint density at radius 2 is 1.88 bits per heavy atom. The van der Waals surface area contributed by atoms with Gasteiger partial charge in [0.25, 0.3) is 0 Å². The summed E-state index contributed by atoms with van der Waals surface area (Å²) in [7, 11) is 0. The van der Waals surface area contributed by atoms with E-state index in [1.807, 2.05) is 24.3 Å². The second-order valence-corrected chi connectivity index (χ2v) is 6.00. The van der Waals surface area contributed by atoms with Crippen LogP contribution in [0.5, 0.6) is 0 Å². The van der Waals surface area contributed by atoms with Crippen LogP contribution < -0.4 is 16.3 Å². The number of carbonyl (C=O) groups is 1. The number of nitrogens with one attached hydrogen (secondary N) is 2. The van der Waals surface area contributed by atoms with Crippen molar-refractivity contribution in [2.75, 3.05) is 5.32 Å². The molecule has 3 rings (SSSR count). The summed E-state index contributed by atoms with van der Waals surface area (Å²) in [5, 5.41) is 6.97. The van der Waals surface area contributed by atoms with Gasteiger partial charge in [-0.25, -0.2) is 4.79 Å². The van der Waals surface area contributed by atoms with E-state index in [2.05, 4.69) is 29.7 Å². The highest BCUT2D eigenvalue weighted by molar-refractivity contribution is 5.92. The standard InChI is InChI=1S/C20H20N2O3/c1-13(15-6-4-3-5-7-15)21-12-16-10-20(24)25-19-11-17(22-14(2)23)8-9-18(16)19/h3-11,13,21H,12H2,1-2H3,(H,22,23)/t13-/m1/s1. The SMILES string of the molecule is CC(=O)Nc1ccc2c(CN[C@H](C)c3ccccc3)cc(=O)oc2c1. The van der Waals surface area contributed by atoms with E-state index in [0.717, 1.165) is 10.9 Å². The van der Waals surface area contributed by atoms with Crippen LogP contribution in [0.25, 0.3) is 11.0 Å². The number of rotatable bonds is 5. The van der Waals surface area contributed by atoms with Crippen molar-refractivity contribution in [2.45, 2.75) is 26.4 Å². The fourth-order valence-corrected chi connectivity index (χ4v) is 2.78. The lowest BCUT2D eigenvalue weighted by molar-refractivity contribution is -0.114. The van der Waals surface area contributed by atoms with Crippen LogP contribution in [0.1, 0.15) is 31.0 Å². The van der Waals surface area contributed by atoms with Crippen LogP contribution in [-0.2, 0) is 11.3 Å². The van der Waals surface area contributed by atoms with Gasteiger partial charge in [0, 0.05) is 42.7 Å². The Kier molecular flexibility index (Phi) is 4.95. The van der Waals surface area contributed by atoms with Gasteiger partial charge in [0.1, 0.15) is 5.58 Å². The molecule has 0 aliphatic rings. The van der Waals surface area contributed by atoms with Crippen molar-refractivity contribution >= 4 is 22.6 Å². The molecule has 25 heavy (non-hydrogen) atoms. The van der Waals surface area contributed by atoms with Gasteiger partial charge in [0.15, 0.2) is 0 Å². The van der Waals surface area contributed by atoms with Gasteiger partial charge in [-0.1, -0.05) is 30.3 Å². The van der Waals surface area contributed by atoms with E-state index in [0.29, 0.717) is 17.8 Å². The molecular weight excluding hydrogens is 316 g/mol. The maximum atomic E-state index is 11.9. The Morgan fingerprint density at radius 3 is 2.60 bits per heavy atom. The monoisotopic (exact) mass is 336 g/mol. The lowest BCUT2D eigenvalue weighted by Gasteiger charge is -2.15. The summed E-state index contributed by atoms with van der Waals surface area (Å²) in [6.07, 6.45) is 0. The average Bonchev–Trinajstić information content (AvgIpc) is 2.59. The largest absolute Gasteiger partial charge is 0.423 e. The van der Waals surface area contributed by atoms with Gasteiger partial charge in [-0.2, -0.15) is 0 Å². The number of benzene rings is 2. The van der Waals surface area contributed by atoms with Gasteiger partial charge >= 0.3 is 5.63 Å². The summed E-state index contributed by atoms with van der Waals surface area (Å²) in [5.41, 5.74) is 2.71. The summed E-state index contributed by atoms with van der Waals surface area (Å²) in [6.45, 7) is 4.06. The highest BCUT2D eigenvalue weighted by Crippen LogP contribution is 2.22. The molecule has 0 saturated carbocycles. The van der Waals surface area contributed by atoms with Crippen molar-refractivity contribution in [3.05, 3.63) is 76.1 Å². The van der Waals surface area contributed by atoms with Crippen molar-refractivity contribution in [2.24, 2.45) is 0 Å². The Morgan fingerprint density at radius 1 is 1.12 bits per heavy atom. The van der Waals surface area contributed by atoms with Crippen molar-refractivity contribution in [1.82, 2.24) is 5.32 Å². The molecule has 2 N–H and O–H groups in total. The molecule has 1 atom stereocenters. The van der Waals surface area contributed by atoms with Gasteiger partial charge in [0.2, 0.25) is 5.91 Å². The number of hydrogen-bond donors (Lipinski definition) is 2. The summed E-state index contributed by atoms with van der Waals surface area (Å²) in [6, 6.07) is 17.1. The molecular formula is C20H20N2O3. The van der Waals surface area contributed by atoms with Gasteiger partial charge in [-0.05, 0) is 30.2 Å². The predicted octanol–water partition coefficient (Wildman–Crippen LogP) is 3.60. The zero-order valence-electron chi connectivity index (χ0n) is 14.2. The third-order valence-corrected chi connectivity index (χ3v) is 4.05. The third kappa shape index (κ3) is 4.14. The first-order valence-electron chi connectivity index (χ1n) is 8.15. The maximum Gasteiger partial charge on any atom is 0.336 e. The molecule has 1 aromatic heterocycles. The lowest BCUT2D eigenvalue weighted by Crippen LogP contribution is -2.19. The van der Waals surface area contributed by atoms with Gasteiger partial charge < -0.3 is 15.1 Å². The smallest absolute Gasteiger partial charge is 0.336 e. The molecule has 1 amide bonds. The molecule has 0 saturated heterocycles. The number of hydrogen-bond acceptors (Lipinski definition) is 4. The summed E-state index contributed by atoms with van der Waals surface area (Å²) in [5.74, 6) is -0.170. The normalized spacial score (nSPS) is 12.1.